The van der Waals surface area contributed by atoms with Crippen LogP contribution < -0.4 is 0 Å². The average molecular weight is 408 g/mol. The van der Waals surface area contributed by atoms with Gasteiger partial charge in [-0.1, -0.05) is 12.5 Å². The van der Waals surface area contributed by atoms with Gasteiger partial charge in [0, 0.05) is 13.1 Å². The number of rotatable bonds is 4. The van der Waals surface area contributed by atoms with Crippen LogP contribution in [-0.4, -0.2) is 52.0 Å². The van der Waals surface area contributed by atoms with E-state index < -0.39 is 15.8 Å². The molecule has 9 heteroatoms. The Morgan fingerprint density at radius 2 is 1.82 bits per heavy atom. The van der Waals surface area contributed by atoms with Crippen molar-refractivity contribution < 1.29 is 12.8 Å². The van der Waals surface area contributed by atoms with Gasteiger partial charge in [0.1, 0.15) is 17.5 Å². The van der Waals surface area contributed by atoms with E-state index in [1.165, 1.54) is 35.7 Å². The van der Waals surface area contributed by atoms with Crippen LogP contribution in [0.2, 0.25) is 0 Å². The lowest BCUT2D eigenvalue weighted by atomic mass is 10.1. The minimum Gasteiger partial charge on any atom is -0.313 e. The van der Waals surface area contributed by atoms with Crippen LogP contribution in [0.15, 0.2) is 23.1 Å². The van der Waals surface area contributed by atoms with E-state index in [-0.39, 0.29) is 11.4 Å². The third-order valence-electron chi connectivity index (χ3n) is 5.61. The number of hydrogen-bond donors (Lipinski definition) is 0. The summed E-state index contributed by atoms with van der Waals surface area (Å²) in [6.45, 7) is 5.74. The van der Waals surface area contributed by atoms with Crippen LogP contribution in [0.3, 0.4) is 0 Å². The van der Waals surface area contributed by atoms with Gasteiger partial charge in [0.25, 0.3) is 0 Å². The fourth-order valence-electron chi connectivity index (χ4n) is 3.91. The molecule has 7 nitrogen and oxygen atoms in total. The van der Waals surface area contributed by atoms with Crippen LogP contribution in [0, 0.1) is 12.7 Å². The summed E-state index contributed by atoms with van der Waals surface area (Å²) in [5.41, 5.74) is 0.428. The molecule has 0 atom stereocenters. The molecule has 0 N–H and O–H groups in total. The summed E-state index contributed by atoms with van der Waals surface area (Å²) < 4.78 is 43.4. The Kier molecular flexibility index (Phi) is 5.48. The minimum atomic E-state index is -3.78. The monoisotopic (exact) mass is 407 g/mol. The number of likely N-dealkylation sites (tertiary alicyclic amines) is 1. The fraction of sp³-hybridized carbons (Fsp3) is 0.579. The van der Waals surface area contributed by atoms with Crippen molar-refractivity contribution in [1.29, 1.82) is 0 Å². The predicted octanol–water partition coefficient (Wildman–Crippen LogP) is 2.31. The highest BCUT2D eigenvalue weighted by Crippen LogP contribution is 2.23. The largest absolute Gasteiger partial charge is 0.313 e. The molecule has 2 aliphatic rings. The second kappa shape index (κ2) is 7.88. The maximum absolute atomic E-state index is 13.9. The van der Waals surface area contributed by atoms with Crippen molar-refractivity contribution in [2.24, 2.45) is 0 Å². The number of sulfonamides is 1. The number of hydrogen-bond acceptors (Lipinski definition) is 5. The van der Waals surface area contributed by atoms with Crippen LogP contribution in [0.1, 0.15) is 42.9 Å². The van der Waals surface area contributed by atoms with E-state index in [0.29, 0.717) is 30.9 Å². The molecule has 152 valence electrons. The molecule has 0 amide bonds. The molecular weight excluding hydrogens is 381 g/mol. The minimum absolute atomic E-state index is 0.0166. The lowest BCUT2D eigenvalue weighted by molar-refractivity contribution is 0.213. The number of benzene rings is 1. The molecule has 2 aromatic rings. The molecule has 4 rings (SSSR count). The summed E-state index contributed by atoms with van der Waals surface area (Å²) in [6.07, 6.45) is 4.37. The van der Waals surface area contributed by atoms with Gasteiger partial charge in [0.15, 0.2) is 0 Å². The van der Waals surface area contributed by atoms with E-state index >= 15 is 0 Å². The Balaban J connectivity index is 1.55. The predicted molar refractivity (Wildman–Crippen MR) is 102 cm³/mol. The first-order valence-electron chi connectivity index (χ1n) is 9.85. The maximum atomic E-state index is 13.9. The third kappa shape index (κ3) is 3.83. The second-order valence-electron chi connectivity index (χ2n) is 7.62. The Hall–Kier alpha value is -1.84. The van der Waals surface area contributed by atoms with Crippen molar-refractivity contribution in [3.8, 4) is 0 Å². The molecule has 1 aromatic carbocycles. The first-order valence-corrected chi connectivity index (χ1v) is 11.3. The van der Waals surface area contributed by atoms with Gasteiger partial charge >= 0.3 is 0 Å². The number of piperidine rings is 1. The smallest absolute Gasteiger partial charge is 0.243 e. The van der Waals surface area contributed by atoms with Crippen molar-refractivity contribution in [3.63, 3.8) is 0 Å². The van der Waals surface area contributed by atoms with Crippen molar-refractivity contribution in [2.75, 3.05) is 19.6 Å². The van der Waals surface area contributed by atoms with Crippen LogP contribution in [0.25, 0.3) is 0 Å². The highest BCUT2D eigenvalue weighted by Gasteiger charge is 2.30. The summed E-state index contributed by atoms with van der Waals surface area (Å²) in [5, 5.41) is 8.62. The zero-order chi connectivity index (χ0) is 19.7. The molecule has 0 bridgehead atoms. The third-order valence-corrected chi connectivity index (χ3v) is 7.45. The number of aryl methyl sites for hydroxylation is 1. The molecule has 1 saturated heterocycles. The second-order valence-corrected chi connectivity index (χ2v) is 9.56. The van der Waals surface area contributed by atoms with E-state index in [2.05, 4.69) is 19.7 Å². The van der Waals surface area contributed by atoms with Gasteiger partial charge in [-0.2, -0.15) is 4.31 Å². The van der Waals surface area contributed by atoms with Crippen LogP contribution in [0.4, 0.5) is 4.39 Å². The lowest BCUT2D eigenvalue weighted by Gasteiger charge is -2.25. The molecule has 0 unspecified atom stereocenters. The standard InChI is InChI=1S/C19H26FN5O2S/c1-15-6-7-16(12-17(15)20)28(26,27)24-10-5-11-25-18(21-22-19(25)14-24)13-23-8-3-2-4-9-23/h6-7,12H,2-5,8-11,13-14H2,1H3. The van der Waals surface area contributed by atoms with Gasteiger partial charge in [-0.05, 0) is 57.0 Å². The average Bonchev–Trinajstić information content (AvgIpc) is 2.92. The van der Waals surface area contributed by atoms with Gasteiger partial charge in [-0.15, -0.1) is 10.2 Å². The first kappa shape index (κ1) is 19.5. The Morgan fingerprint density at radius 3 is 2.57 bits per heavy atom. The maximum Gasteiger partial charge on any atom is 0.243 e. The molecule has 0 spiro atoms. The van der Waals surface area contributed by atoms with Crippen LogP contribution in [0.5, 0.6) is 0 Å². The summed E-state index contributed by atoms with van der Waals surface area (Å²) in [4.78, 5) is 2.37. The van der Waals surface area contributed by atoms with Gasteiger partial charge in [-0.25, -0.2) is 12.8 Å². The van der Waals surface area contributed by atoms with Gasteiger partial charge in [-0.3, -0.25) is 4.90 Å². The SMILES string of the molecule is Cc1ccc(S(=O)(=O)N2CCCn3c(CN4CCCCC4)nnc3C2)cc1F. The Labute approximate surface area is 165 Å². The fourth-order valence-corrected chi connectivity index (χ4v) is 5.36. The van der Waals surface area contributed by atoms with Crippen LogP contribution >= 0.6 is 0 Å². The van der Waals surface area contributed by atoms with E-state index in [0.717, 1.165) is 31.5 Å². The number of halogens is 1. The van der Waals surface area contributed by atoms with Crippen molar-refractivity contribution in [2.45, 2.75) is 57.1 Å². The summed E-state index contributed by atoms with van der Waals surface area (Å²) in [7, 11) is -3.78. The molecule has 0 aliphatic carbocycles. The van der Waals surface area contributed by atoms with E-state index in [4.69, 9.17) is 0 Å². The molecule has 3 heterocycles. The zero-order valence-corrected chi connectivity index (χ0v) is 17.0. The van der Waals surface area contributed by atoms with E-state index in [9.17, 15) is 12.8 Å². The molecule has 1 fully saturated rings. The molecule has 1 aromatic heterocycles. The van der Waals surface area contributed by atoms with E-state index in [1.54, 1.807) is 6.92 Å². The summed E-state index contributed by atoms with van der Waals surface area (Å²) in [5.74, 6) is 1.04. The van der Waals surface area contributed by atoms with Gasteiger partial charge in [0.05, 0.1) is 18.0 Å². The Morgan fingerprint density at radius 1 is 1.04 bits per heavy atom. The van der Waals surface area contributed by atoms with Crippen molar-refractivity contribution >= 4 is 10.0 Å². The summed E-state index contributed by atoms with van der Waals surface area (Å²) in [6, 6.07) is 4.06. The van der Waals surface area contributed by atoms with Crippen molar-refractivity contribution in [3.05, 3.63) is 41.2 Å². The van der Waals surface area contributed by atoms with Crippen molar-refractivity contribution in [1.82, 2.24) is 24.0 Å². The lowest BCUT2D eigenvalue weighted by Crippen LogP contribution is -2.31. The number of nitrogens with zero attached hydrogens (tertiary/aromatic N) is 5. The number of aromatic nitrogens is 3. The highest BCUT2D eigenvalue weighted by atomic mass is 32.2. The highest BCUT2D eigenvalue weighted by molar-refractivity contribution is 7.89. The topological polar surface area (TPSA) is 71.3 Å². The zero-order valence-electron chi connectivity index (χ0n) is 16.1. The van der Waals surface area contributed by atoms with Gasteiger partial charge < -0.3 is 4.57 Å². The molecule has 2 aliphatic heterocycles. The molecule has 0 saturated carbocycles. The van der Waals surface area contributed by atoms with Gasteiger partial charge in [0.2, 0.25) is 10.0 Å². The first-order chi connectivity index (χ1) is 13.4. The molecular formula is C19H26FN5O2S. The molecule has 28 heavy (non-hydrogen) atoms. The normalized spacial score (nSPS) is 19.4. The number of fused-ring (bicyclic) bond motifs is 1. The summed E-state index contributed by atoms with van der Waals surface area (Å²) >= 11 is 0. The van der Waals surface area contributed by atoms with E-state index in [1.807, 2.05) is 0 Å². The van der Waals surface area contributed by atoms with Crippen LogP contribution in [-0.2, 0) is 29.7 Å². The quantitative estimate of drug-likeness (QED) is 0.778. The molecule has 0 radical (unpaired) electrons. The Bertz CT molecular complexity index is 953.